The maximum absolute atomic E-state index is 5.48. The second-order valence-corrected chi connectivity index (χ2v) is 7.58. The minimum absolute atomic E-state index is 0.276. The number of ether oxygens (including phenoxy) is 3. The molecule has 0 unspecified atom stereocenters. The van der Waals surface area contributed by atoms with Crippen molar-refractivity contribution in [2.24, 2.45) is 0 Å². The first-order valence-electron chi connectivity index (χ1n) is 9.24. The Hall–Kier alpha value is -3.32. The Morgan fingerprint density at radius 3 is 2.72 bits per heavy atom. The van der Waals surface area contributed by atoms with Crippen molar-refractivity contribution in [2.45, 2.75) is 13.5 Å². The van der Waals surface area contributed by atoms with Gasteiger partial charge in [-0.25, -0.2) is 9.97 Å². The number of aromatic nitrogens is 2. The van der Waals surface area contributed by atoms with Crippen molar-refractivity contribution in [2.75, 3.05) is 19.2 Å². The molecule has 1 N–H and O–H groups in total. The molecule has 0 atom stereocenters. The lowest BCUT2D eigenvalue weighted by atomic mass is 10.1. The summed E-state index contributed by atoms with van der Waals surface area (Å²) in [5.74, 6) is 3.98. The van der Waals surface area contributed by atoms with Gasteiger partial charge >= 0.3 is 0 Å². The summed E-state index contributed by atoms with van der Waals surface area (Å²) in [6.45, 7) is 2.82. The Morgan fingerprint density at radius 1 is 1.07 bits per heavy atom. The molecule has 1 aliphatic rings. The molecule has 146 valence electrons. The summed E-state index contributed by atoms with van der Waals surface area (Å²) in [6.07, 6.45) is 0. The molecule has 0 radical (unpaired) electrons. The number of thiophene rings is 1. The molecule has 0 amide bonds. The number of benzene rings is 2. The smallest absolute Gasteiger partial charge is 0.231 e. The normalized spacial score (nSPS) is 12.3. The molecule has 0 saturated heterocycles. The van der Waals surface area contributed by atoms with E-state index in [1.54, 1.807) is 18.4 Å². The van der Waals surface area contributed by atoms with Gasteiger partial charge in [0.25, 0.3) is 0 Å². The lowest BCUT2D eigenvalue weighted by molar-refractivity contribution is 0.174. The van der Waals surface area contributed by atoms with E-state index < -0.39 is 0 Å². The Bertz CT molecular complexity index is 1190. The van der Waals surface area contributed by atoms with Crippen molar-refractivity contribution in [3.63, 3.8) is 0 Å². The number of anilines is 1. The fraction of sp³-hybridized carbons (Fsp3) is 0.182. The fourth-order valence-corrected chi connectivity index (χ4v) is 4.39. The van der Waals surface area contributed by atoms with Crippen LogP contribution in [0.4, 0.5) is 5.82 Å². The number of nitrogens with zero attached hydrogens (tertiary/aromatic N) is 2. The molecule has 1 aliphatic heterocycles. The van der Waals surface area contributed by atoms with Gasteiger partial charge in [-0.1, -0.05) is 18.2 Å². The lowest BCUT2D eigenvalue weighted by Crippen LogP contribution is -2.04. The first-order valence-corrected chi connectivity index (χ1v) is 10.1. The van der Waals surface area contributed by atoms with E-state index in [2.05, 4.69) is 32.8 Å². The van der Waals surface area contributed by atoms with Gasteiger partial charge in [-0.15, -0.1) is 11.3 Å². The van der Waals surface area contributed by atoms with Crippen LogP contribution < -0.4 is 19.5 Å². The number of methoxy groups -OCH3 is 1. The van der Waals surface area contributed by atoms with E-state index in [4.69, 9.17) is 14.2 Å². The number of aryl methyl sites for hydroxylation is 1. The highest BCUT2D eigenvalue weighted by Gasteiger charge is 2.16. The number of rotatable bonds is 5. The van der Waals surface area contributed by atoms with Crippen LogP contribution >= 0.6 is 11.3 Å². The lowest BCUT2D eigenvalue weighted by Gasteiger charge is -2.10. The fourth-order valence-electron chi connectivity index (χ4n) is 3.40. The van der Waals surface area contributed by atoms with Crippen molar-refractivity contribution in [1.82, 2.24) is 9.97 Å². The molecule has 0 bridgehead atoms. The number of nitrogens with one attached hydrogen (secondary N) is 1. The van der Waals surface area contributed by atoms with E-state index >= 15 is 0 Å². The van der Waals surface area contributed by atoms with Crippen molar-refractivity contribution < 1.29 is 14.2 Å². The molecule has 0 aliphatic carbocycles. The standard InChI is InChI=1S/C22H19N3O3S/c1-13-24-21(23-10-14-3-8-18-19(9-14)28-12-27-18)20-17(11-29-22(20)25-13)15-4-6-16(26-2)7-5-15/h3-9,11H,10,12H2,1-2H3,(H,23,24,25). The largest absolute Gasteiger partial charge is 0.497 e. The van der Waals surface area contributed by atoms with Gasteiger partial charge < -0.3 is 19.5 Å². The van der Waals surface area contributed by atoms with Crippen LogP contribution in [0.25, 0.3) is 21.3 Å². The van der Waals surface area contributed by atoms with Gasteiger partial charge in [0.05, 0.1) is 12.5 Å². The molecule has 0 spiro atoms. The van der Waals surface area contributed by atoms with E-state index in [9.17, 15) is 0 Å². The summed E-state index contributed by atoms with van der Waals surface area (Å²) in [5.41, 5.74) is 3.32. The summed E-state index contributed by atoms with van der Waals surface area (Å²) in [5, 5.41) is 6.65. The molecule has 3 heterocycles. The van der Waals surface area contributed by atoms with E-state index in [0.29, 0.717) is 6.54 Å². The SMILES string of the molecule is COc1ccc(-c2csc3nc(C)nc(NCc4ccc5c(c4)OCO5)c23)cc1. The number of hydrogen-bond acceptors (Lipinski definition) is 7. The zero-order valence-corrected chi connectivity index (χ0v) is 16.9. The van der Waals surface area contributed by atoms with Gasteiger partial charge in [-0.2, -0.15) is 0 Å². The maximum Gasteiger partial charge on any atom is 0.231 e. The van der Waals surface area contributed by atoms with Crippen LogP contribution in [0, 0.1) is 6.92 Å². The minimum Gasteiger partial charge on any atom is -0.497 e. The van der Waals surface area contributed by atoms with Crippen LogP contribution in [0.5, 0.6) is 17.2 Å². The van der Waals surface area contributed by atoms with Gasteiger partial charge in [0.15, 0.2) is 11.5 Å². The maximum atomic E-state index is 5.48. The number of fused-ring (bicyclic) bond motifs is 2. The predicted molar refractivity (Wildman–Crippen MR) is 114 cm³/mol. The third kappa shape index (κ3) is 3.34. The van der Waals surface area contributed by atoms with Gasteiger partial charge in [0.2, 0.25) is 6.79 Å². The minimum atomic E-state index is 0.276. The van der Waals surface area contributed by atoms with Crippen LogP contribution in [0.15, 0.2) is 47.8 Å². The second-order valence-electron chi connectivity index (χ2n) is 6.72. The second kappa shape index (κ2) is 7.25. The zero-order valence-electron chi connectivity index (χ0n) is 16.1. The highest BCUT2D eigenvalue weighted by atomic mass is 32.1. The average molecular weight is 405 g/mol. The topological polar surface area (TPSA) is 65.5 Å². The molecular weight excluding hydrogens is 386 g/mol. The van der Waals surface area contributed by atoms with Crippen LogP contribution in [-0.2, 0) is 6.54 Å². The summed E-state index contributed by atoms with van der Waals surface area (Å²) in [6, 6.07) is 14.0. The van der Waals surface area contributed by atoms with Gasteiger partial charge in [0, 0.05) is 17.5 Å². The Kier molecular flexibility index (Phi) is 4.44. The summed E-state index contributed by atoms with van der Waals surface area (Å²) in [7, 11) is 1.67. The van der Waals surface area contributed by atoms with Crippen LogP contribution in [-0.4, -0.2) is 23.9 Å². The van der Waals surface area contributed by atoms with Crippen molar-refractivity contribution in [1.29, 1.82) is 0 Å². The molecular formula is C22H19N3O3S. The third-order valence-corrected chi connectivity index (χ3v) is 5.72. The van der Waals surface area contributed by atoms with Crippen LogP contribution in [0.3, 0.4) is 0 Å². The van der Waals surface area contributed by atoms with Gasteiger partial charge in [0.1, 0.15) is 22.2 Å². The average Bonchev–Trinajstić information content (AvgIpc) is 3.38. The molecule has 5 rings (SSSR count). The molecule has 2 aromatic heterocycles. The van der Waals surface area contributed by atoms with Gasteiger partial charge in [-0.3, -0.25) is 0 Å². The van der Waals surface area contributed by atoms with Gasteiger partial charge in [-0.05, 0) is 42.3 Å². The Labute approximate surface area is 172 Å². The van der Waals surface area contributed by atoms with E-state index in [0.717, 1.165) is 55.8 Å². The third-order valence-electron chi connectivity index (χ3n) is 4.84. The van der Waals surface area contributed by atoms with Crippen LogP contribution in [0.1, 0.15) is 11.4 Å². The molecule has 0 saturated carbocycles. The van der Waals surface area contributed by atoms with Crippen LogP contribution in [0.2, 0.25) is 0 Å². The molecule has 0 fully saturated rings. The predicted octanol–water partition coefficient (Wildman–Crippen LogP) is 5.02. The summed E-state index contributed by atoms with van der Waals surface area (Å²) >= 11 is 1.63. The molecule has 29 heavy (non-hydrogen) atoms. The quantitative estimate of drug-likeness (QED) is 0.503. The van der Waals surface area contributed by atoms with Crippen molar-refractivity contribution in [3.8, 4) is 28.4 Å². The first-order chi connectivity index (χ1) is 14.2. The first kappa shape index (κ1) is 17.8. The van der Waals surface area contributed by atoms with E-state index in [1.807, 2.05) is 37.3 Å². The zero-order chi connectivity index (χ0) is 19.8. The molecule has 7 heteroatoms. The highest BCUT2D eigenvalue weighted by Crippen LogP contribution is 2.38. The highest BCUT2D eigenvalue weighted by molar-refractivity contribution is 7.17. The summed E-state index contributed by atoms with van der Waals surface area (Å²) < 4.78 is 16.1. The monoisotopic (exact) mass is 405 g/mol. The Balaban J connectivity index is 1.50. The molecule has 4 aromatic rings. The number of hydrogen-bond donors (Lipinski definition) is 1. The van der Waals surface area contributed by atoms with Crippen molar-refractivity contribution >= 4 is 27.4 Å². The molecule has 6 nitrogen and oxygen atoms in total. The Morgan fingerprint density at radius 2 is 1.90 bits per heavy atom. The molecule has 2 aromatic carbocycles. The van der Waals surface area contributed by atoms with E-state index in [-0.39, 0.29) is 6.79 Å². The van der Waals surface area contributed by atoms with Crippen molar-refractivity contribution in [3.05, 3.63) is 59.2 Å². The summed E-state index contributed by atoms with van der Waals surface area (Å²) in [4.78, 5) is 10.3. The van der Waals surface area contributed by atoms with E-state index in [1.165, 1.54) is 0 Å².